The number of rotatable bonds is 6. The third-order valence-corrected chi connectivity index (χ3v) is 5.05. The summed E-state index contributed by atoms with van der Waals surface area (Å²) >= 11 is 0. The highest BCUT2D eigenvalue weighted by Crippen LogP contribution is 2.36. The molecule has 4 heteroatoms. The van der Waals surface area contributed by atoms with Gasteiger partial charge in [-0.25, -0.2) is 0 Å². The number of amides is 2. The predicted octanol–water partition coefficient (Wildman–Crippen LogP) is 3.09. The van der Waals surface area contributed by atoms with Crippen LogP contribution < -0.4 is 0 Å². The van der Waals surface area contributed by atoms with Crippen molar-refractivity contribution in [2.75, 3.05) is 26.2 Å². The molecule has 0 saturated heterocycles. The molecule has 2 atom stereocenters. The summed E-state index contributed by atoms with van der Waals surface area (Å²) in [5.41, 5.74) is 2.54. The maximum atomic E-state index is 12.9. The van der Waals surface area contributed by atoms with E-state index in [2.05, 4.69) is 13.8 Å². The first-order valence-corrected chi connectivity index (χ1v) is 8.63. The summed E-state index contributed by atoms with van der Waals surface area (Å²) in [6.45, 7) is 15.0. The largest absolute Gasteiger partial charge is 0.343 e. The highest BCUT2D eigenvalue weighted by Gasteiger charge is 2.39. The minimum Gasteiger partial charge on any atom is -0.343 e. The fourth-order valence-electron chi connectivity index (χ4n) is 3.35. The smallest absolute Gasteiger partial charge is 0.226 e. The van der Waals surface area contributed by atoms with Gasteiger partial charge in [-0.2, -0.15) is 0 Å². The van der Waals surface area contributed by atoms with Gasteiger partial charge in [0.15, 0.2) is 0 Å². The van der Waals surface area contributed by atoms with Gasteiger partial charge in [0.1, 0.15) is 0 Å². The Hall–Kier alpha value is -1.32. The Morgan fingerprint density at radius 3 is 1.27 bits per heavy atom. The van der Waals surface area contributed by atoms with Crippen LogP contribution in [-0.4, -0.2) is 47.8 Å². The van der Waals surface area contributed by atoms with Crippen molar-refractivity contribution in [3.05, 3.63) is 11.1 Å². The van der Waals surface area contributed by atoms with Crippen LogP contribution in [-0.2, 0) is 9.59 Å². The molecule has 0 saturated carbocycles. The second kappa shape index (κ2) is 8.35. The van der Waals surface area contributed by atoms with Crippen molar-refractivity contribution < 1.29 is 9.59 Å². The molecule has 0 bridgehead atoms. The number of hydrogen-bond donors (Lipinski definition) is 0. The molecule has 0 fully saturated rings. The van der Waals surface area contributed by atoms with E-state index >= 15 is 0 Å². The molecule has 2 amide bonds. The van der Waals surface area contributed by atoms with Gasteiger partial charge in [0.25, 0.3) is 0 Å². The molecule has 4 nitrogen and oxygen atoms in total. The molecule has 0 aromatic rings. The third-order valence-electron chi connectivity index (χ3n) is 5.05. The van der Waals surface area contributed by atoms with E-state index in [-0.39, 0.29) is 23.7 Å². The molecule has 0 radical (unpaired) electrons. The lowest BCUT2D eigenvalue weighted by atomic mass is 9.75. The van der Waals surface area contributed by atoms with Crippen molar-refractivity contribution in [3.8, 4) is 0 Å². The van der Waals surface area contributed by atoms with E-state index in [1.165, 1.54) is 11.1 Å². The lowest BCUT2D eigenvalue weighted by molar-refractivity contribution is -0.146. The van der Waals surface area contributed by atoms with E-state index < -0.39 is 0 Å². The highest BCUT2D eigenvalue weighted by atomic mass is 16.2. The summed E-state index contributed by atoms with van der Waals surface area (Å²) in [5, 5.41) is 0. The molecule has 0 aliphatic heterocycles. The summed E-state index contributed by atoms with van der Waals surface area (Å²) in [6, 6.07) is 0. The van der Waals surface area contributed by atoms with Crippen molar-refractivity contribution >= 4 is 11.8 Å². The zero-order valence-corrected chi connectivity index (χ0v) is 15.1. The normalized spacial score (nSPS) is 21.7. The topological polar surface area (TPSA) is 40.6 Å². The average molecular weight is 308 g/mol. The Morgan fingerprint density at radius 2 is 1.05 bits per heavy atom. The Balaban J connectivity index is 3.09. The standard InChI is InChI=1S/C18H32N2O2/c1-7-19(8-2)17(21)15-11-13(5)14(6)12-16(15)18(22)20(9-3)10-4/h15-16H,7-12H2,1-6H3/t15-,16-/m0/s1. The first-order chi connectivity index (χ1) is 10.4. The van der Waals surface area contributed by atoms with E-state index in [0.717, 1.165) is 12.8 Å². The first-order valence-electron chi connectivity index (χ1n) is 8.63. The molecular formula is C18H32N2O2. The molecule has 0 unspecified atom stereocenters. The fourth-order valence-corrected chi connectivity index (χ4v) is 3.35. The van der Waals surface area contributed by atoms with Gasteiger partial charge in [0, 0.05) is 26.2 Å². The van der Waals surface area contributed by atoms with E-state index in [4.69, 9.17) is 0 Å². The van der Waals surface area contributed by atoms with Crippen LogP contribution in [0, 0.1) is 11.8 Å². The summed E-state index contributed by atoms with van der Waals surface area (Å²) in [6.07, 6.45) is 1.44. The van der Waals surface area contributed by atoms with Crippen LogP contribution in [0.15, 0.2) is 11.1 Å². The van der Waals surface area contributed by atoms with Crippen LogP contribution in [0.3, 0.4) is 0 Å². The van der Waals surface area contributed by atoms with Crippen LogP contribution in [0.25, 0.3) is 0 Å². The molecule has 126 valence electrons. The third kappa shape index (κ3) is 3.90. The quantitative estimate of drug-likeness (QED) is 0.708. The minimum absolute atomic E-state index is 0.141. The van der Waals surface area contributed by atoms with Gasteiger partial charge in [-0.15, -0.1) is 0 Å². The zero-order valence-electron chi connectivity index (χ0n) is 15.1. The van der Waals surface area contributed by atoms with Crippen LogP contribution in [0.5, 0.6) is 0 Å². The van der Waals surface area contributed by atoms with Gasteiger partial charge in [-0.05, 0) is 54.4 Å². The SMILES string of the molecule is CCN(CC)C(=O)[C@H]1CC(C)=C(C)C[C@@H]1C(=O)N(CC)CC. The van der Waals surface area contributed by atoms with E-state index in [9.17, 15) is 9.59 Å². The molecule has 1 aliphatic rings. The number of allylic oxidation sites excluding steroid dienone is 2. The summed E-state index contributed by atoms with van der Waals surface area (Å²) in [4.78, 5) is 29.4. The van der Waals surface area contributed by atoms with E-state index in [1.54, 1.807) is 0 Å². The van der Waals surface area contributed by atoms with Crippen molar-refractivity contribution in [2.24, 2.45) is 11.8 Å². The maximum absolute atomic E-state index is 12.9. The van der Waals surface area contributed by atoms with Crippen molar-refractivity contribution in [1.29, 1.82) is 0 Å². The number of carbonyl (C=O) groups excluding carboxylic acids is 2. The van der Waals surface area contributed by atoms with Crippen LogP contribution in [0.2, 0.25) is 0 Å². The lowest BCUT2D eigenvalue weighted by Gasteiger charge is -2.36. The Labute approximate surface area is 135 Å². The van der Waals surface area contributed by atoms with Crippen molar-refractivity contribution in [2.45, 2.75) is 54.4 Å². The molecule has 0 N–H and O–H groups in total. The molecule has 0 aromatic carbocycles. The van der Waals surface area contributed by atoms with Gasteiger partial charge in [-0.1, -0.05) is 11.1 Å². The van der Waals surface area contributed by atoms with E-state index in [0.29, 0.717) is 26.2 Å². The van der Waals surface area contributed by atoms with Gasteiger partial charge >= 0.3 is 0 Å². The summed E-state index contributed by atoms with van der Waals surface area (Å²) < 4.78 is 0. The molecule has 22 heavy (non-hydrogen) atoms. The first kappa shape index (κ1) is 18.7. The Kier molecular flexibility index (Phi) is 7.11. The molecule has 0 aromatic heterocycles. The highest BCUT2D eigenvalue weighted by molar-refractivity contribution is 5.88. The van der Waals surface area contributed by atoms with Crippen LogP contribution in [0.4, 0.5) is 0 Å². The summed E-state index contributed by atoms with van der Waals surface area (Å²) in [5.74, 6) is -0.113. The van der Waals surface area contributed by atoms with Crippen molar-refractivity contribution in [3.63, 3.8) is 0 Å². The number of nitrogens with zero attached hydrogens (tertiary/aromatic N) is 2. The second-order valence-corrected chi connectivity index (χ2v) is 6.20. The maximum Gasteiger partial charge on any atom is 0.226 e. The Morgan fingerprint density at radius 1 is 0.773 bits per heavy atom. The fraction of sp³-hybridized carbons (Fsp3) is 0.778. The van der Waals surface area contributed by atoms with Gasteiger partial charge in [-0.3, -0.25) is 9.59 Å². The zero-order chi connectivity index (χ0) is 16.9. The number of carbonyl (C=O) groups is 2. The van der Waals surface area contributed by atoms with Crippen molar-refractivity contribution in [1.82, 2.24) is 9.80 Å². The predicted molar refractivity (Wildman–Crippen MR) is 90.4 cm³/mol. The van der Waals surface area contributed by atoms with E-state index in [1.807, 2.05) is 37.5 Å². The van der Waals surface area contributed by atoms with Gasteiger partial charge < -0.3 is 9.80 Å². The summed E-state index contributed by atoms with van der Waals surface area (Å²) in [7, 11) is 0. The van der Waals surface area contributed by atoms with Crippen LogP contribution >= 0.6 is 0 Å². The van der Waals surface area contributed by atoms with Gasteiger partial charge in [0.2, 0.25) is 11.8 Å². The molecule has 1 rings (SSSR count). The second-order valence-electron chi connectivity index (χ2n) is 6.20. The molecular weight excluding hydrogens is 276 g/mol. The molecule has 0 heterocycles. The Bertz CT molecular complexity index is 394. The average Bonchev–Trinajstić information content (AvgIpc) is 2.51. The lowest BCUT2D eigenvalue weighted by Crippen LogP contribution is -2.46. The molecule has 1 aliphatic carbocycles. The van der Waals surface area contributed by atoms with Gasteiger partial charge in [0.05, 0.1) is 11.8 Å². The monoisotopic (exact) mass is 308 g/mol. The minimum atomic E-state index is -0.198. The van der Waals surface area contributed by atoms with Crippen LogP contribution in [0.1, 0.15) is 54.4 Å². The molecule has 0 spiro atoms. The number of hydrogen-bond acceptors (Lipinski definition) is 2.